The molecule has 0 atom stereocenters. The Bertz CT molecular complexity index is 1040. The fraction of sp³-hybridized carbons (Fsp3) is 0.0400. The zero-order valence-corrected chi connectivity index (χ0v) is 15.5. The van der Waals surface area contributed by atoms with Gasteiger partial charge in [0.1, 0.15) is 23.2 Å². The Labute approximate surface area is 155 Å². The number of rotatable bonds is 0. The van der Waals surface area contributed by atoms with Crippen molar-refractivity contribution in [1.82, 2.24) is 0 Å². The smallest absolute Gasteiger partial charge is 0.0910 e. The molecule has 0 radical (unpaired) electrons. The minimum absolute atomic E-state index is 1.05. The maximum Gasteiger partial charge on any atom is 0.117 e. The molecule has 0 aliphatic carbocycles. The Balaban J connectivity index is 1.94. The quantitative estimate of drug-likeness (QED) is 0.494. The van der Waals surface area contributed by atoms with Crippen molar-refractivity contribution in [2.45, 2.75) is 0 Å². The van der Waals surface area contributed by atoms with Crippen LogP contribution in [0.2, 0.25) is 0 Å². The van der Waals surface area contributed by atoms with Gasteiger partial charge in [0.15, 0.2) is 0 Å². The Morgan fingerprint density at radius 1 is 0.615 bits per heavy atom. The molecule has 1 heteroatoms. The Hall–Kier alpha value is -2.69. The molecule has 2 aliphatic heterocycles. The third-order valence-corrected chi connectivity index (χ3v) is 9.90. The van der Waals surface area contributed by atoms with Crippen molar-refractivity contribution in [1.29, 1.82) is 0 Å². The molecule has 0 bridgehead atoms. The highest BCUT2D eigenvalue weighted by atomic mass is 31.2. The van der Waals surface area contributed by atoms with Crippen molar-refractivity contribution in [2.75, 3.05) is 6.16 Å². The molecule has 0 saturated carbocycles. The molecule has 2 aliphatic rings. The molecule has 0 N–H and O–H groups in total. The van der Waals surface area contributed by atoms with Crippen LogP contribution in [-0.4, -0.2) is 6.16 Å². The summed E-state index contributed by atoms with van der Waals surface area (Å²) in [7, 11) is -1.73. The van der Waals surface area contributed by atoms with E-state index < -0.39 is 7.26 Å². The number of fused-ring (bicyclic) bond motifs is 7. The molecule has 0 nitrogen and oxygen atoms in total. The van der Waals surface area contributed by atoms with Crippen molar-refractivity contribution < 1.29 is 0 Å². The van der Waals surface area contributed by atoms with Crippen LogP contribution in [0.15, 0.2) is 104 Å². The van der Waals surface area contributed by atoms with Gasteiger partial charge in [0.2, 0.25) is 0 Å². The summed E-state index contributed by atoms with van der Waals surface area (Å²) in [6.45, 7) is 4.36. The van der Waals surface area contributed by atoms with E-state index >= 15 is 0 Å². The van der Waals surface area contributed by atoms with E-state index in [9.17, 15) is 0 Å². The van der Waals surface area contributed by atoms with Gasteiger partial charge in [-0.3, -0.25) is 0 Å². The average molecular weight is 351 g/mol. The second-order valence-corrected chi connectivity index (χ2v) is 10.3. The van der Waals surface area contributed by atoms with Gasteiger partial charge >= 0.3 is 0 Å². The largest absolute Gasteiger partial charge is 0.117 e. The zero-order valence-electron chi connectivity index (χ0n) is 14.6. The highest BCUT2D eigenvalue weighted by molar-refractivity contribution is 7.97. The fourth-order valence-electron chi connectivity index (χ4n) is 4.39. The van der Waals surface area contributed by atoms with Gasteiger partial charge in [-0.25, -0.2) is 0 Å². The van der Waals surface area contributed by atoms with Crippen LogP contribution >= 0.6 is 7.26 Å². The van der Waals surface area contributed by atoms with Gasteiger partial charge < -0.3 is 0 Å². The molecule has 0 unspecified atom stereocenters. The third kappa shape index (κ3) is 2.06. The van der Waals surface area contributed by atoms with Crippen molar-refractivity contribution in [3.8, 4) is 11.1 Å². The van der Waals surface area contributed by atoms with Gasteiger partial charge in [-0.05, 0) is 29.8 Å². The lowest BCUT2D eigenvalue weighted by atomic mass is 10.1. The average Bonchev–Trinajstić information content (AvgIpc) is 3.01. The van der Waals surface area contributed by atoms with E-state index in [1.54, 1.807) is 0 Å². The topological polar surface area (TPSA) is 0 Å². The van der Waals surface area contributed by atoms with Crippen LogP contribution < -0.4 is 15.9 Å². The van der Waals surface area contributed by atoms with Crippen molar-refractivity contribution in [3.63, 3.8) is 0 Å². The summed E-state index contributed by atoms with van der Waals surface area (Å²) >= 11 is 0. The lowest BCUT2D eigenvalue weighted by molar-refractivity contribution is 1.66. The summed E-state index contributed by atoms with van der Waals surface area (Å²) in [6.07, 6.45) is 9.83. The predicted octanol–water partition coefficient (Wildman–Crippen LogP) is 5.10. The van der Waals surface area contributed by atoms with Crippen LogP contribution in [0.25, 0.3) is 16.7 Å². The summed E-state index contributed by atoms with van der Waals surface area (Å²) < 4.78 is 0. The molecule has 0 saturated heterocycles. The second kappa shape index (κ2) is 5.94. The number of allylic oxidation sites excluding steroid dienone is 5. The summed E-state index contributed by atoms with van der Waals surface area (Å²) in [6, 6.07) is 26.9. The standard InChI is InChI=1S/C25H20P/c1-19-11-3-2-10-18-26(23-15-7-4-12-20(19)23)24-16-8-5-13-21(24)22-14-6-9-17-25(22)26/h2-17H,1,18H2/q+1/b10-2-,11-3-. The van der Waals surface area contributed by atoms with Crippen LogP contribution in [-0.2, 0) is 0 Å². The number of hydrogen-bond donors (Lipinski definition) is 0. The van der Waals surface area contributed by atoms with Crippen molar-refractivity contribution in [2.24, 2.45) is 0 Å². The van der Waals surface area contributed by atoms with Crippen LogP contribution in [0, 0.1) is 0 Å². The lowest BCUT2D eigenvalue weighted by Crippen LogP contribution is -2.31. The molecule has 2 heterocycles. The fourth-order valence-corrected chi connectivity index (χ4v) is 9.06. The van der Waals surface area contributed by atoms with Crippen LogP contribution in [0.5, 0.6) is 0 Å². The molecule has 124 valence electrons. The van der Waals surface area contributed by atoms with E-state index in [4.69, 9.17) is 0 Å². The highest BCUT2D eigenvalue weighted by Crippen LogP contribution is 2.63. The normalized spacial score (nSPS) is 18.8. The molecule has 0 amide bonds. The first-order chi connectivity index (χ1) is 12.8. The number of benzene rings is 3. The maximum atomic E-state index is 4.36. The molecule has 5 rings (SSSR count). The van der Waals surface area contributed by atoms with Gasteiger partial charge in [0.25, 0.3) is 0 Å². The van der Waals surface area contributed by atoms with Crippen molar-refractivity contribution >= 4 is 28.7 Å². The summed E-state index contributed by atoms with van der Waals surface area (Å²) in [5.74, 6) is 0. The van der Waals surface area contributed by atoms with Crippen LogP contribution in [0.1, 0.15) is 5.56 Å². The monoisotopic (exact) mass is 351 g/mol. The first-order valence-electron chi connectivity index (χ1n) is 9.02. The molecule has 3 aromatic rings. The molecular formula is C25H20P+. The predicted molar refractivity (Wildman–Crippen MR) is 116 cm³/mol. The van der Waals surface area contributed by atoms with E-state index in [0.29, 0.717) is 0 Å². The van der Waals surface area contributed by atoms with Gasteiger partial charge in [-0.1, -0.05) is 79.4 Å². The first kappa shape index (κ1) is 15.6. The van der Waals surface area contributed by atoms with Crippen LogP contribution in [0.3, 0.4) is 0 Å². The highest BCUT2D eigenvalue weighted by Gasteiger charge is 2.53. The lowest BCUT2D eigenvalue weighted by Gasteiger charge is -2.25. The summed E-state index contributed by atoms with van der Waals surface area (Å²) in [5.41, 5.74) is 5.18. The minimum atomic E-state index is -1.73. The summed E-state index contributed by atoms with van der Waals surface area (Å²) in [5, 5.41) is 4.47. The van der Waals surface area contributed by atoms with Gasteiger partial charge in [-0.15, -0.1) is 0 Å². The molecular weight excluding hydrogens is 331 g/mol. The van der Waals surface area contributed by atoms with E-state index in [0.717, 1.165) is 11.7 Å². The van der Waals surface area contributed by atoms with E-state index in [-0.39, 0.29) is 0 Å². The van der Waals surface area contributed by atoms with Crippen LogP contribution in [0.4, 0.5) is 0 Å². The molecule has 26 heavy (non-hydrogen) atoms. The van der Waals surface area contributed by atoms with Gasteiger partial charge in [-0.2, -0.15) is 0 Å². The SMILES string of the molecule is C=C1/C=C\C=C/C[P+]2(c3ccccc31)c1ccccc1-c1ccccc12. The zero-order chi connectivity index (χ0) is 17.6. The molecule has 0 aromatic heterocycles. The molecule has 1 spiro atoms. The second-order valence-electron chi connectivity index (χ2n) is 6.86. The number of hydrogen-bond acceptors (Lipinski definition) is 0. The Morgan fingerprint density at radius 3 is 1.73 bits per heavy atom. The van der Waals surface area contributed by atoms with E-state index in [2.05, 4.69) is 104 Å². The molecule has 3 aromatic carbocycles. The first-order valence-corrected chi connectivity index (χ1v) is 11.0. The minimum Gasteiger partial charge on any atom is -0.0910 e. The summed E-state index contributed by atoms with van der Waals surface area (Å²) in [4.78, 5) is 0. The van der Waals surface area contributed by atoms with Gasteiger partial charge in [0, 0.05) is 16.7 Å². The van der Waals surface area contributed by atoms with E-state index in [1.807, 2.05) is 0 Å². The van der Waals surface area contributed by atoms with Crippen molar-refractivity contribution in [3.05, 3.63) is 109 Å². The Morgan fingerprint density at radius 2 is 1.12 bits per heavy atom. The van der Waals surface area contributed by atoms with E-state index in [1.165, 1.54) is 32.6 Å². The maximum absolute atomic E-state index is 4.36. The molecule has 0 fully saturated rings. The third-order valence-electron chi connectivity index (χ3n) is 5.51. The van der Waals surface area contributed by atoms with Gasteiger partial charge in [0.05, 0.1) is 6.16 Å². The Kier molecular flexibility index (Phi) is 3.55.